The van der Waals surface area contributed by atoms with Gasteiger partial charge < -0.3 is 24.3 Å². The highest BCUT2D eigenvalue weighted by Crippen LogP contribution is 1.95. The average molecular weight is 222 g/mol. The fourth-order valence-electron chi connectivity index (χ4n) is 1.04. The molecule has 0 bridgehead atoms. The highest BCUT2D eigenvalue weighted by molar-refractivity contribution is 6.36. The molecule has 0 aliphatic carbocycles. The summed E-state index contributed by atoms with van der Waals surface area (Å²) in [5.41, 5.74) is 5.40. The first kappa shape index (κ1) is 14.0. The van der Waals surface area contributed by atoms with Gasteiger partial charge in [0.2, 0.25) is 0 Å². The standard InChI is InChI=1S/C8H22N2O3Si/c1-4-8(10-6-5-9)7-13-14(11-2)12-3/h8,10,14H,4-7,9H2,1-3H3. The highest BCUT2D eigenvalue weighted by Gasteiger charge is 2.13. The zero-order valence-electron chi connectivity index (χ0n) is 9.29. The van der Waals surface area contributed by atoms with Gasteiger partial charge in [-0.05, 0) is 6.42 Å². The summed E-state index contributed by atoms with van der Waals surface area (Å²) in [6.07, 6.45) is 1.01. The quantitative estimate of drug-likeness (QED) is 0.507. The van der Waals surface area contributed by atoms with Crippen LogP contribution in [0.15, 0.2) is 0 Å². The maximum atomic E-state index is 5.48. The molecule has 0 aromatic carbocycles. The van der Waals surface area contributed by atoms with E-state index in [1.165, 1.54) is 0 Å². The molecule has 5 nitrogen and oxygen atoms in total. The fraction of sp³-hybridized carbons (Fsp3) is 1.00. The van der Waals surface area contributed by atoms with E-state index >= 15 is 0 Å². The van der Waals surface area contributed by atoms with Gasteiger partial charge in [0.05, 0.1) is 6.61 Å². The Morgan fingerprint density at radius 2 is 2.00 bits per heavy atom. The first-order valence-electron chi connectivity index (χ1n) is 4.89. The second-order valence-electron chi connectivity index (χ2n) is 2.94. The molecule has 0 aliphatic rings. The molecule has 14 heavy (non-hydrogen) atoms. The molecule has 0 amide bonds. The van der Waals surface area contributed by atoms with Crippen molar-refractivity contribution in [3.05, 3.63) is 0 Å². The zero-order chi connectivity index (χ0) is 10.8. The molecule has 0 aromatic heterocycles. The average Bonchev–Trinajstić information content (AvgIpc) is 2.23. The van der Waals surface area contributed by atoms with Gasteiger partial charge in [-0.3, -0.25) is 0 Å². The van der Waals surface area contributed by atoms with Crippen molar-refractivity contribution >= 4 is 9.53 Å². The fourth-order valence-corrected chi connectivity index (χ4v) is 1.89. The lowest BCUT2D eigenvalue weighted by atomic mass is 10.2. The van der Waals surface area contributed by atoms with E-state index in [9.17, 15) is 0 Å². The molecule has 0 radical (unpaired) electrons. The van der Waals surface area contributed by atoms with Crippen LogP contribution < -0.4 is 11.1 Å². The SMILES string of the molecule is CCC(CO[SiH](OC)OC)NCCN. The molecule has 0 heterocycles. The maximum Gasteiger partial charge on any atom is 0.483 e. The smallest absolute Gasteiger partial charge is 0.379 e. The zero-order valence-corrected chi connectivity index (χ0v) is 10.4. The molecule has 3 N–H and O–H groups in total. The van der Waals surface area contributed by atoms with Crippen LogP contribution in [0.25, 0.3) is 0 Å². The van der Waals surface area contributed by atoms with Gasteiger partial charge in [-0.25, -0.2) is 0 Å². The van der Waals surface area contributed by atoms with Crippen LogP contribution in [0.5, 0.6) is 0 Å². The number of nitrogens with two attached hydrogens (primary N) is 1. The second-order valence-corrected chi connectivity index (χ2v) is 4.79. The lowest BCUT2D eigenvalue weighted by Gasteiger charge is -2.19. The lowest BCUT2D eigenvalue weighted by Crippen LogP contribution is -2.39. The van der Waals surface area contributed by atoms with E-state index < -0.39 is 9.53 Å². The Morgan fingerprint density at radius 1 is 1.36 bits per heavy atom. The molecule has 0 aromatic rings. The number of nitrogens with one attached hydrogen (secondary N) is 1. The van der Waals surface area contributed by atoms with Crippen molar-refractivity contribution in [2.45, 2.75) is 19.4 Å². The Morgan fingerprint density at radius 3 is 2.43 bits per heavy atom. The lowest BCUT2D eigenvalue weighted by molar-refractivity contribution is 0.122. The predicted molar refractivity (Wildman–Crippen MR) is 58.3 cm³/mol. The molecule has 0 saturated carbocycles. The number of hydrogen-bond acceptors (Lipinski definition) is 5. The monoisotopic (exact) mass is 222 g/mol. The third-order valence-corrected chi connectivity index (χ3v) is 3.12. The summed E-state index contributed by atoms with van der Waals surface area (Å²) >= 11 is 0. The third kappa shape index (κ3) is 6.47. The van der Waals surface area contributed by atoms with E-state index in [1.54, 1.807) is 14.2 Å². The summed E-state index contributed by atoms with van der Waals surface area (Å²) in [6.45, 7) is 4.18. The van der Waals surface area contributed by atoms with Gasteiger partial charge >= 0.3 is 9.53 Å². The van der Waals surface area contributed by atoms with E-state index in [0.717, 1.165) is 13.0 Å². The van der Waals surface area contributed by atoms with Gasteiger partial charge in [-0.15, -0.1) is 0 Å². The first-order chi connectivity index (χ1) is 6.78. The Balaban J connectivity index is 3.59. The molecular formula is C8H22N2O3Si. The molecule has 6 heteroatoms. The van der Waals surface area contributed by atoms with Crippen LogP contribution in [0.4, 0.5) is 0 Å². The topological polar surface area (TPSA) is 65.7 Å². The largest absolute Gasteiger partial charge is 0.483 e. The molecule has 1 atom stereocenters. The van der Waals surface area contributed by atoms with Crippen molar-refractivity contribution in [3.63, 3.8) is 0 Å². The van der Waals surface area contributed by atoms with Gasteiger partial charge in [0.15, 0.2) is 0 Å². The Bertz CT molecular complexity index is 125. The Labute approximate surface area is 87.9 Å². The van der Waals surface area contributed by atoms with Crippen molar-refractivity contribution in [3.8, 4) is 0 Å². The van der Waals surface area contributed by atoms with Crippen molar-refractivity contribution in [1.82, 2.24) is 5.32 Å². The van der Waals surface area contributed by atoms with Crippen molar-refractivity contribution in [2.75, 3.05) is 33.9 Å². The van der Waals surface area contributed by atoms with Crippen molar-refractivity contribution in [1.29, 1.82) is 0 Å². The summed E-state index contributed by atoms with van der Waals surface area (Å²) in [5.74, 6) is 0. The minimum absolute atomic E-state index is 0.332. The van der Waals surface area contributed by atoms with Crippen molar-refractivity contribution in [2.24, 2.45) is 5.73 Å². The van der Waals surface area contributed by atoms with E-state index in [1.807, 2.05) is 0 Å². The molecular weight excluding hydrogens is 200 g/mol. The van der Waals surface area contributed by atoms with Crippen molar-refractivity contribution < 1.29 is 13.3 Å². The molecule has 0 aliphatic heterocycles. The third-order valence-electron chi connectivity index (χ3n) is 1.89. The predicted octanol–water partition coefficient (Wildman–Crippen LogP) is -0.660. The van der Waals surface area contributed by atoms with Gasteiger partial charge in [0.25, 0.3) is 0 Å². The minimum atomic E-state index is -1.87. The summed E-state index contributed by atoms with van der Waals surface area (Å²) < 4.78 is 15.6. The van der Waals surface area contributed by atoms with Crippen LogP contribution >= 0.6 is 0 Å². The van der Waals surface area contributed by atoms with Crippen LogP contribution in [0.3, 0.4) is 0 Å². The normalized spacial score (nSPS) is 13.5. The summed E-state index contributed by atoms with van der Waals surface area (Å²) in [6, 6.07) is 0.332. The van der Waals surface area contributed by atoms with E-state index in [0.29, 0.717) is 19.2 Å². The summed E-state index contributed by atoms with van der Waals surface area (Å²) in [7, 11) is 1.34. The Kier molecular flexibility index (Phi) is 9.58. The van der Waals surface area contributed by atoms with Crippen LogP contribution in [-0.2, 0) is 13.3 Å². The van der Waals surface area contributed by atoms with Crippen LogP contribution in [-0.4, -0.2) is 49.5 Å². The minimum Gasteiger partial charge on any atom is -0.379 e. The van der Waals surface area contributed by atoms with Crippen LogP contribution in [0.1, 0.15) is 13.3 Å². The molecule has 86 valence electrons. The molecule has 0 spiro atoms. The van der Waals surface area contributed by atoms with Gasteiger partial charge in [-0.2, -0.15) is 0 Å². The van der Waals surface area contributed by atoms with E-state index in [2.05, 4.69) is 12.2 Å². The van der Waals surface area contributed by atoms with E-state index in [4.69, 9.17) is 19.0 Å². The molecule has 0 saturated heterocycles. The summed E-state index contributed by atoms with van der Waals surface area (Å²) in [4.78, 5) is 0. The number of rotatable bonds is 9. The van der Waals surface area contributed by atoms with Gasteiger partial charge in [0, 0.05) is 33.4 Å². The molecule has 0 rings (SSSR count). The maximum absolute atomic E-state index is 5.48. The van der Waals surface area contributed by atoms with Gasteiger partial charge in [-0.1, -0.05) is 6.92 Å². The highest BCUT2D eigenvalue weighted by atomic mass is 28.3. The van der Waals surface area contributed by atoms with Gasteiger partial charge in [0.1, 0.15) is 0 Å². The van der Waals surface area contributed by atoms with Crippen LogP contribution in [0, 0.1) is 0 Å². The van der Waals surface area contributed by atoms with Crippen LogP contribution in [0.2, 0.25) is 0 Å². The summed E-state index contributed by atoms with van der Waals surface area (Å²) in [5, 5.41) is 3.28. The number of hydrogen-bond donors (Lipinski definition) is 2. The Hall–Kier alpha value is 0.0169. The van der Waals surface area contributed by atoms with E-state index in [-0.39, 0.29) is 0 Å². The molecule has 1 unspecified atom stereocenters. The molecule has 0 fully saturated rings. The second kappa shape index (κ2) is 9.57. The first-order valence-corrected chi connectivity index (χ1v) is 6.30.